The van der Waals surface area contributed by atoms with Crippen molar-refractivity contribution in [2.75, 3.05) is 0 Å². The van der Waals surface area contributed by atoms with Gasteiger partial charge in [0.15, 0.2) is 0 Å². The van der Waals surface area contributed by atoms with Gasteiger partial charge in [0, 0.05) is 17.0 Å². The Labute approximate surface area is 134 Å². The topological polar surface area (TPSA) is 50.7 Å². The lowest BCUT2D eigenvalue weighted by Gasteiger charge is -2.23. The highest BCUT2D eigenvalue weighted by molar-refractivity contribution is 7.99. The third kappa shape index (κ3) is 14.0. The maximum Gasteiger partial charge on any atom is 0.407 e. The zero-order chi connectivity index (χ0) is 16.7. The van der Waals surface area contributed by atoms with Crippen LogP contribution in [-0.2, 0) is 4.74 Å². The fraction of sp³-hybridized carbons (Fsp3) is 0.875. The van der Waals surface area contributed by atoms with Crippen LogP contribution in [0.3, 0.4) is 0 Å². The lowest BCUT2D eigenvalue weighted by atomic mass is 10.0. The molecule has 0 radical (unpaired) electrons. The van der Waals surface area contributed by atoms with E-state index < -0.39 is 5.60 Å². The molecule has 0 aliphatic carbocycles. The molecule has 0 fully saturated rings. The van der Waals surface area contributed by atoms with Gasteiger partial charge < -0.3 is 10.1 Å². The maximum absolute atomic E-state index is 11.7. The second kappa shape index (κ2) is 8.66. The fourth-order valence-electron chi connectivity index (χ4n) is 1.69. The predicted octanol–water partition coefficient (Wildman–Crippen LogP) is 4.83. The molecule has 124 valence electrons. The predicted molar refractivity (Wildman–Crippen MR) is 93.1 cm³/mol. The quantitative estimate of drug-likeness (QED) is 0.564. The Bertz CT molecular complexity index is 343. The minimum absolute atomic E-state index is 0.0959. The van der Waals surface area contributed by atoms with Gasteiger partial charge in [-0.1, -0.05) is 6.92 Å². The van der Waals surface area contributed by atoms with Crippen LogP contribution in [0.1, 0.15) is 68.2 Å². The minimum atomic E-state index is -0.452. The van der Waals surface area contributed by atoms with Gasteiger partial charge in [-0.25, -0.2) is 9.19 Å². The van der Waals surface area contributed by atoms with Crippen LogP contribution >= 0.6 is 11.9 Å². The Balaban J connectivity index is 3.99. The lowest BCUT2D eigenvalue weighted by molar-refractivity contribution is 0.0503. The molecule has 0 bridgehead atoms. The van der Waals surface area contributed by atoms with Crippen molar-refractivity contribution in [3.05, 3.63) is 0 Å². The van der Waals surface area contributed by atoms with E-state index in [1.165, 1.54) is 0 Å². The number of ether oxygens (including phenoxy) is 1. The zero-order valence-electron chi connectivity index (χ0n) is 14.8. The van der Waals surface area contributed by atoms with E-state index in [-0.39, 0.29) is 16.9 Å². The molecule has 21 heavy (non-hydrogen) atoms. The van der Waals surface area contributed by atoms with Gasteiger partial charge in [0.25, 0.3) is 0 Å². The van der Waals surface area contributed by atoms with Crippen molar-refractivity contribution in [2.24, 2.45) is 10.3 Å². The summed E-state index contributed by atoms with van der Waals surface area (Å²) in [7, 11) is 0. The van der Waals surface area contributed by atoms with E-state index in [0.29, 0.717) is 5.92 Å². The van der Waals surface area contributed by atoms with E-state index in [4.69, 9.17) is 4.74 Å². The molecule has 0 aromatic carbocycles. The van der Waals surface area contributed by atoms with Crippen molar-refractivity contribution in [3.63, 3.8) is 0 Å². The van der Waals surface area contributed by atoms with Crippen molar-refractivity contribution in [3.8, 4) is 0 Å². The number of rotatable bonds is 6. The first-order chi connectivity index (χ1) is 9.39. The van der Waals surface area contributed by atoms with Crippen molar-refractivity contribution in [2.45, 2.75) is 84.6 Å². The minimum Gasteiger partial charge on any atom is -0.444 e. The SMILES string of the molecule is CC(C/C=N/SC(C)(C)C)CC(C)NC(=O)OC(C)(C)C. The average molecular weight is 317 g/mol. The molecule has 1 amide bonds. The van der Waals surface area contributed by atoms with Crippen molar-refractivity contribution >= 4 is 24.3 Å². The molecule has 0 aromatic rings. The molecular formula is C16H32N2O2S. The highest BCUT2D eigenvalue weighted by Crippen LogP contribution is 2.24. The maximum atomic E-state index is 11.7. The number of carbonyl (C=O) groups is 1. The van der Waals surface area contributed by atoms with Crippen molar-refractivity contribution < 1.29 is 9.53 Å². The van der Waals surface area contributed by atoms with Gasteiger partial charge in [-0.15, -0.1) is 0 Å². The molecule has 0 saturated heterocycles. The van der Waals surface area contributed by atoms with Gasteiger partial charge in [-0.3, -0.25) is 0 Å². The summed E-state index contributed by atoms with van der Waals surface area (Å²) in [5, 5.41) is 2.87. The van der Waals surface area contributed by atoms with Crippen LogP contribution in [0.4, 0.5) is 4.79 Å². The first-order valence-electron chi connectivity index (χ1n) is 7.58. The number of nitrogens with one attached hydrogen (secondary N) is 1. The molecule has 0 rings (SSSR count). The third-order valence-corrected chi connectivity index (χ3v) is 3.23. The number of amides is 1. The van der Waals surface area contributed by atoms with Crippen LogP contribution in [0, 0.1) is 5.92 Å². The summed E-state index contributed by atoms with van der Waals surface area (Å²) in [6, 6.07) is 0.0959. The summed E-state index contributed by atoms with van der Waals surface area (Å²) in [6.07, 6.45) is 3.45. The summed E-state index contributed by atoms with van der Waals surface area (Å²) in [5.74, 6) is 0.472. The molecule has 2 atom stereocenters. The van der Waals surface area contributed by atoms with E-state index in [0.717, 1.165) is 12.8 Å². The molecule has 1 N–H and O–H groups in total. The molecule has 2 unspecified atom stereocenters. The van der Waals surface area contributed by atoms with Crippen LogP contribution in [0.2, 0.25) is 0 Å². The highest BCUT2D eigenvalue weighted by atomic mass is 32.2. The summed E-state index contributed by atoms with van der Waals surface area (Å²) < 4.78 is 9.78. The van der Waals surface area contributed by atoms with Gasteiger partial charge in [0.2, 0.25) is 0 Å². The molecule has 0 aliphatic heterocycles. The number of hydrogen-bond acceptors (Lipinski definition) is 4. The van der Waals surface area contributed by atoms with Gasteiger partial charge in [-0.2, -0.15) is 0 Å². The summed E-state index contributed by atoms with van der Waals surface area (Å²) >= 11 is 1.59. The first kappa shape index (κ1) is 20.3. The molecule has 0 aliphatic rings. The van der Waals surface area contributed by atoms with Gasteiger partial charge in [0.1, 0.15) is 5.60 Å². The Morgan fingerprint density at radius 1 is 1.24 bits per heavy atom. The summed E-state index contributed by atoms with van der Waals surface area (Å²) in [6.45, 7) is 16.2. The van der Waals surface area contributed by atoms with E-state index in [2.05, 4.69) is 37.4 Å². The summed E-state index contributed by atoms with van der Waals surface area (Å²) in [5.41, 5.74) is -0.452. The second-order valence-corrected chi connectivity index (χ2v) is 9.23. The molecule has 5 heteroatoms. The third-order valence-electron chi connectivity index (χ3n) is 2.43. The van der Waals surface area contributed by atoms with E-state index >= 15 is 0 Å². The Morgan fingerprint density at radius 3 is 2.29 bits per heavy atom. The largest absolute Gasteiger partial charge is 0.444 e. The van der Waals surface area contributed by atoms with Crippen molar-refractivity contribution in [1.29, 1.82) is 0 Å². The Hall–Kier alpha value is -0.710. The van der Waals surface area contributed by atoms with E-state index in [1.54, 1.807) is 11.9 Å². The molecule has 0 heterocycles. The number of hydrogen-bond donors (Lipinski definition) is 1. The van der Waals surface area contributed by atoms with Gasteiger partial charge >= 0.3 is 6.09 Å². The fourth-order valence-corrected chi connectivity index (χ4v) is 2.16. The second-order valence-electron chi connectivity index (χ2n) is 7.62. The Kier molecular flexibility index (Phi) is 8.37. The van der Waals surface area contributed by atoms with E-state index in [1.807, 2.05) is 33.9 Å². The van der Waals surface area contributed by atoms with Crippen LogP contribution in [0.25, 0.3) is 0 Å². The van der Waals surface area contributed by atoms with Crippen LogP contribution < -0.4 is 5.32 Å². The monoisotopic (exact) mass is 316 g/mol. The molecule has 4 nitrogen and oxygen atoms in total. The normalized spacial score (nSPS) is 15.8. The number of nitrogens with zero attached hydrogens (tertiary/aromatic N) is 1. The molecule has 0 aromatic heterocycles. The number of carbonyl (C=O) groups excluding carboxylic acids is 1. The first-order valence-corrected chi connectivity index (χ1v) is 8.36. The Morgan fingerprint density at radius 2 is 1.81 bits per heavy atom. The smallest absolute Gasteiger partial charge is 0.407 e. The standard InChI is InChI=1S/C16H32N2O2S/c1-12(9-10-17-21-16(6,7)8)11-13(2)18-14(19)20-15(3,4)5/h10,12-13H,9,11H2,1-8H3,(H,18,19)/b17-10+. The number of alkyl carbamates (subject to hydrolysis) is 1. The summed E-state index contributed by atoms with van der Waals surface area (Å²) in [4.78, 5) is 11.7. The highest BCUT2D eigenvalue weighted by Gasteiger charge is 2.18. The van der Waals surface area contributed by atoms with Crippen LogP contribution in [0.15, 0.2) is 4.40 Å². The molecule has 0 spiro atoms. The molecular weight excluding hydrogens is 284 g/mol. The van der Waals surface area contributed by atoms with Crippen LogP contribution in [0.5, 0.6) is 0 Å². The van der Waals surface area contributed by atoms with Crippen molar-refractivity contribution in [1.82, 2.24) is 5.32 Å². The zero-order valence-corrected chi connectivity index (χ0v) is 15.6. The van der Waals surface area contributed by atoms with Crippen LogP contribution in [-0.4, -0.2) is 28.7 Å². The van der Waals surface area contributed by atoms with Gasteiger partial charge in [0.05, 0.1) is 0 Å². The van der Waals surface area contributed by atoms with E-state index in [9.17, 15) is 4.79 Å². The molecule has 0 saturated carbocycles. The average Bonchev–Trinajstić information content (AvgIpc) is 2.19. The lowest BCUT2D eigenvalue weighted by Crippen LogP contribution is -2.38. The van der Waals surface area contributed by atoms with Gasteiger partial charge in [-0.05, 0) is 79.2 Å².